The maximum Gasteiger partial charge on any atom is 0.138 e. The Morgan fingerprint density at radius 3 is 2.41 bits per heavy atom. The molecule has 0 spiro atoms. The van der Waals surface area contributed by atoms with Crippen LogP contribution in [0.3, 0.4) is 0 Å². The van der Waals surface area contributed by atoms with E-state index in [1.807, 2.05) is 44.2 Å². The van der Waals surface area contributed by atoms with Gasteiger partial charge in [0.25, 0.3) is 0 Å². The standard InChI is InChI=1S/C21H22ClNO2.C2H6/c22-16-10-20-19(12-17(13-24)23-20)21(11-16)25-18-8-6-15(7-9-18)14-4-2-1-3-5-14;1-2/h6-12,14,23-24H,1-5,13H2;1-2H3. The molecule has 2 aromatic carbocycles. The van der Waals surface area contributed by atoms with Crippen molar-refractivity contribution in [2.75, 3.05) is 0 Å². The second-order valence-electron chi connectivity index (χ2n) is 6.82. The topological polar surface area (TPSA) is 45.2 Å². The summed E-state index contributed by atoms with van der Waals surface area (Å²) < 4.78 is 6.09. The van der Waals surface area contributed by atoms with E-state index < -0.39 is 0 Å². The Hall–Kier alpha value is -1.97. The molecule has 1 aliphatic rings. The monoisotopic (exact) mass is 385 g/mol. The average Bonchev–Trinajstić information content (AvgIpc) is 3.14. The lowest BCUT2D eigenvalue weighted by molar-refractivity contribution is 0.278. The molecular weight excluding hydrogens is 358 g/mol. The summed E-state index contributed by atoms with van der Waals surface area (Å²) in [5, 5.41) is 10.9. The summed E-state index contributed by atoms with van der Waals surface area (Å²) >= 11 is 6.21. The number of hydrogen-bond donors (Lipinski definition) is 2. The summed E-state index contributed by atoms with van der Waals surface area (Å²) in [6, 6.07) is 14.0. The summed E-state index contributed by atoms with van der Waals surface area (Å²) in [4.78, 5) is 3.15. The molecule has 0 aliphatic heterocycles. The minimum atomic E-state index is -0.0399. The van der Waals surface area contributed by atoms with Crippen LogP contribution < -0.4 is 4.74 Å². The number of ether oxygens (including phenoxy) is 1. The van der Waals surface area contributed by atoms with Gasteiger partial charge < -0.3 is 14.8 Å². The van der Waals surface area contributed by atoms with E-state index in [0.717, 1.165) is 22.3 Å². The van der Waals surface area contributed by atoms with E-state index in [0.29, 0.717) is 16.7 Å². The van der Waals surface area contributed by atoms with E-state index in [1.54, 1.807) is 0 Å². The highest BCUT2D eigenvalue weighted by Gasteiger charge is 2.15. The van der Waals surface area contributed by atoms with Crippen molar-refractivity contribution in [2.45, 2.75) is 58.5 Å². The second-order valence-corrected chi connectivity index (χ2v) is 7.26. The Labute approximate surface area is 166 Å². The van der Waals surface area contributed by atoms with Crippen molar-refractivity contribution in [3.8, 4) is 11.5 Å². The Balaban J connectivity index is 0.00000102. The molecule has 0 amide bonds. The van der Waals surface area contributed by atoms with E-state index in [2.05, 4.69) is 17.1 Å². The van der Waals surface area contributed by atoms with Gasteiger partial charge in [-0.1, -0.05) is 56.8 Å². The average molecular weight is 386 g/mol. The molecule has 3 aromatic rings. The minimum absolute atomic E-state index is 0.0399. The third kappa shape index (κ3) is 4.66. The largest absolute Gasteiger partial charge is 0.457 e. The van der Waals surface area contributed by atoms with Crippen LogP contribution in [-0.2, 0) is 6.61 Å². The zero-order chi connectivity index (χ0) is 19.2. The van der Waals surface area contributed by atoms with E-state index in [1.165, 1.54) is 37.7 Å². The van der Waals surface area contributed by atoms with E-state index in [-0.39, 0.29) is 6.61 Å². The fraction of sp³-hybridized carbons (Fsp3) is 0.391. The smallest absolute Gasteiger partial charge is 0.138 e. The van der Waals surface area contributed by atoms with Gasteiger partial charge in [0.15, 0.2) is 0 Å². The first-order valence-electron chi connectivity index (χ1n) is 9.93. The molecular formula is C23H28ClNO2. The molecule has 0 radical (unpaired) electrons. The van der Waals surface area contributed by atoms with Gasteiger partial charge in [0.1, 0.15) is 11.5 Å². The van der Waals surface area contributed by atoms with Crippen molar-refractivity contribution in [1.82, 2.24) is 4.98 Å². The third-order valence-corrected chi connectivity index (χ3v) is 5.29. The SMILES string of the molecule is CC.OCc1cc2c(Oc3ccc(C4CCCCC4)cc3)cc(Cl)cc2[nH]1. The van der Waals surface area contributed by atoms with Gasteiger partial charge >= 0.3 is 0 Å². The predicted molar refractivity (Wildman–Crippen MR) is 113 cm³/mol. The van der Waals surface area contributed by atoms with Gasteiger partial charge in [0.05, 0.1) is 12.1 Å². The molecule has 1 fully saturated rings. The lowest BCUT2D eigenvalue weighted by atomic mass is 9.84. The highest BCUT2D eigenvalue weighted by molar-refractivity contribution is 6.31. The molecule has 1 heterocycles. The Morgan fingerprint density at radius 1 is 1.04 bits per heavy atom. The fourth-order valence-corrected chi connectivity index (χ4v) is 3.98. The summed E-state index contributed by atoms with van der Waals surface area (Å²) in [6.45, 7) is 3.96. The Morgan fingerprint density at radius 2 is 1.74 bits per heavy atom. The molecule has 0 bridgehead atoms. The maximum absolute atomic E-state index is 9.34. The molecule has 1 aliphatic carbocycles. The molecule has 3 nitrogen and oxygen atoms in total. The third-order valence-electron chi connectivity index (χ3n) is 5.08. The first-order valence-corrected chi connectivity index (χ1v) is 10.3. The van der Waals surface area contributed by atoms with Crippen LogP contribution in [0.25, 0.3) is 10.9 Å². The van der Waals surface area contributed by atoms with Crippen LogP contribution in [0, 0.1) is 0 Å². The van der Waals surface area contributed by atoms with Crippen LogP contribution in [0.15, 0.2) is 42.5 Å². The van der Waals surface area contributed by atoms with Gasteiger partial charge in [-0.25, -0.2) is 0 Å². The van der Waals surface area contributed by atoms with E-state index in [9.17, 15) is 5.11 Å². The van der Waals surface area contributed by atoms with Gasteiger partial charge in [-0.2, -0.15) is 0 Å². The van der Waals surface area contributed by atoms with E-state index in [4.69, 9.17) is 16.3 Å². The number of aliphatic hydroxyl groups excluding tert-OH is 1. The predicted octanol–water partition coefficient (Wildman–Crippen LogP) is 7.18. The number of aliphatic hydroxyl groups is 1. The van der Waals surface area contributed by atoms with Crippen molar-refractivity contribution in [1.29, 1.82) is 0 Å². The molecule has 0 saturated heterocycles. The quantitative estimate of drug-likeness (QED) is 0.499. The normalized spacial score (nSPS) is 14.7. The number of nitrogens with one attached hydrogen (secondary N) is 1. The van der Waals surface area contributed by atoms with Crippen LogP contribution in [0.1, 0.15) is 63.1 Å². The van der Waals surface area contributed by atoms with Crippen molar-refractivity contribution >= 4 is 22.5 Å². The molecule has 27 heavy (non-hydrogen) atoms. The van der Waals surface area contributed by atoms with Gasteiger partial charge in [0.2, 0.25) is 0 Å². The molecule has 4 rings (SSSR count). The number of H-pyrrole nitrogens is 1. The summed E-state index contributed by atoms with van der Waals surface area (Å²) in [5.41, 5.74) is 3.02. The lowest BCUT2D eigenvalue weighted by Crippen LogP contribution is -2.04. The summed E-state index contributed by atoms with van der Waals surface area (Å²) in [5.74, 6) is 2.19. The summed E-state index contributed by atoms with van der Waals surface area (Å²) in [6.07, 6.45) is 6.63. The Bertz CT molecular complexity index is 864. The zero-order valence-corrected chi connectivity index (χ0v) is 16.9. The van der Waals surface area contributed by atoms with Crippen LogP contribution >= 0.6 is 11.6 Å². The van der Waals surface area contributed by atoms with Crippen LogP contribution in [0.5, 0.6) is 11.5 Å². The van der Waals surface area contributed by atoms with Crippen molar-refractivity contribution in [2.24, 2.45) is 0 Å². The molecule has 144 valence electrons. The number of rotatable bonds is 4. The molecule has 1 aromatic heterocycles. The number of aromatic amines is 1. The molecule has 0 unspecified atom stereocenters. The van der Waals surface area contributed by atoms with Gasteiger partial charge in [-0.05, 0) is 48.6 Å². The highest BCUT2D eigenvalue weighted by atomic mass is 35.5. The minimum Gasteiger partial charge on any atom is -0.457 e. The molecule has 0 atom stereocenters. The van der Waals surface area contributed by atoms with Crippen molar-refractivity contribution in [3.05, 3.63) is 58.7 Å². The molecule has 4 heteroatoms. The number of aromatic nitrogens is 1. The first kappa shape index (κ1) is 19.8. The van der Waals surface area contributed by atoms with Gasteiger partial charge in [-0.3, -0.25) is 0 Å². The van der Waals surface area contributed by atoms with Crippen LogP contribution in [0.2, 0.25) is 5.02 Å². The Kier molecular flexibility index (Phi) is 6.81. The van der Waals surface area contributed by atoms with Gasteiger partial charge in [-0.15, -0.1) is 0 Å². The number of fused-ring (bicyclic) bond motifs is 1. The molecule has 2 N–H and O–H groups in total. The second kappa shape index (κ2) is 9.29. The number of hydrogen-bond acceptors (Lipinski definition) is 2. The zero-order valence-electron chi connectivity index (χ0n) is 16.1. The van der Waals surface area contributed by atoms with Gasteiger partial charge in [0, 0.05) is 22.2 Å². The lowest BCUT2D eigenvalue weighted by Gasteiger charge is -2.22. The first-order chi connectivity index (χ1) is 13.2. The van der Waals surface area contributed by atoms with E-state index >= 15 is 0 Å². The highest BCUT2D eigenvalue weighted by Crippen LogP contribution is 2.36. The maximum atomic E-state index is 9.34. The van der Waals surface area contributed by atoms with Crippen LogP contribution in [-0.4, -0.2) is 10.1 Å². The van der Waals surface area contributed by atoms with Crippen LogP contribution in [0.4, 0.5) is 0 Å². The molecule has 1 saturated carbocycles. The fourth-order valence-electron chi connectivity index (χ4n) is 3.77. The number of halogens is 1. The van der Waals surface area contributed by atoms with Crippen molar-refractivity contribution in [3.63, 3.8) is 0 Å². The summed E-state index contributed by atoms with van der Waals surface area (Å²) in [7, 11) is 0. The number of benzene rings is 2. The van der Waals surface area contributed by atoms with Crippen molar-refractivity contribution < 1.29 is 9.84 Å².